The Kier molecular flexibility index (Phi) is 5.39. The smallest absolute Gasteiger partial charge is 0.266 e. The van der Waals surface area contributed by atoms with Gasteiger partial charge in [0.15, 0.2) is 0 Å². The van der Waals surface area contributed by atoms with Gasteiger partial charge >= 0.3 is 0 Å². The molecule has 2 saturated heterocycles. The van der Waals surface area contributed by atoms with Crippen molar-refractivity contribution in [3.63, 3.8) is 0 Å². The molecule has 3 aromatic rings. The van der Waals surface area contributed by atoms with Crippen molar-refractivity contribution in [1.82, 2.24) is 8.87 Å². The summed E-state index contributed by atoms with van der Waals surface area (Å²) in [5.41, 5.74) is 1.57. The summed E-state index contributed by atoms with van der Waals surface area (Å²) in [6, 6.07) is 12.3. The molecule has 2 aromatic carbocycles. The summed E-state index contributed by atoms with van der Waals surface area (Å²) >= 11 is 1.24. The number of nitrogens with zero attached hydrogens (tertiary/aromatic N) is 3. The van der Waals surface area contributed by atoms with Gasteiger partial charge in [0, 0.05) is 53.9 Å². The Bertz CT molecular complexity index is 1050. The molecule has 1 aromatic heterocycles. The molecular formula is C22H22F3N3OS. The SMILES string of the molecule is Fc1cccc(Sn2cc(C(F)F)c3c(N4CCN(C5COC5)CC4)cccc32)c1. The summed E-state index contributed by atoms with van der Waals surface area (Å²) in [7, 11) is 0. The lowest BCUT2D eigenvalue weighted by molar-refractivity contribution is -0.0660. The van der Waals surface area contributed by atoms with Crippen molar-refractivity contribution in [3.8, 4) is 0 Å². The first-order valence-electron chi connectivity index (χ1n) is 10.0. The molecule has 0 bridgehead atoms. The molecule has 158 valence electrons. The molecule has 0 amide bonds. The van der Waals surface area contributed by atoms with Gasteiger partial charge < -0.3 is 9.64 Å². The highest BCUT2D eigenvalue weighted by Crippen LogP contribution is 2.39. The second-order valence-corrected chi connectivity index (χ2v) is 8.69. The van der Waals surface area contributed by atoms with Gasteiger partial charge in [0.05, 0.1) is 24.8 Å². The molecule has 0 unspecified atom stereocenters. The van der Waals surface area contributed by atoms with Crippen LogP contribution in [0.25, 0.3) is 10.9 Å². The Balaban J connectivity index is 1.48. The summed E-state index contributed by atoms with van der Waals surface area (Å²) < 4.78 is 48.5. The Hall–Kier alpha value is -2.16. The van der Waals surface area contributed by atoms with Gasteiger partial charge in [-0.05, 0) is 42.3 Å². The number of fused-ring (bicyclic) bond motifs is 1. The van der Waals surface area contributed by atoms with Gasteiger partial charge in [-0.25, -0.2) is 13.2 Å². The molecule has 8 heteroatoms. The molecule has 5 rings (SSSR count). The molecule has 0 spiro atoms. The Morgan fingerprint density at radius 3 is 2.43 bits per heavy atom. The molecule has 0 radical (unpaired) electrons. The minimum Gasteiger partial charge on any atom is -0.378 e. The Labute approximate surface area is 177 Å². The summed E-state index contributed by atoms with van der Waals surface area (Å²) in [4.78, 5) is 5.27. The molecule has 2 aliphatic rings. The quantitative estimate of drug-likeness (QED) is 0.576. The topological polar surface area (TPSA) is 20.6 Å². The normalized spacial score (nSPS) is 18.3. The molecule has 30 heavy (non-hydrogen) atoms. The standard InChI is InChI=1S/C22H22F3N3OS/c23-15-3-1-4-17(11-15)30-28-12-18(22(24)25)21-19(5-2-6-20(21)28)27-9-7-26(8-10-27)16-13-29-14-16/h1-6,11-12,16,22H,7-10,13-14H2. The molecule has 4 nitrogen and oxygen atoms in total. The highest BCUT2D eigenvalue weighted by Gasteiger charge is 2.30. The van der Waals surface area contributed by atoms with Crippen molar-refractivity contribution < 1.29 is 17.9 Å². The van der Waals surface area contributed by atoms with Gasteiger partial charge in [-0.3, -0.25) is 8.87 Å². The fraction of sp³-hybridized carbons (Fsp3) is 0.364. The van der Waals surface area contributed by atoms with E-state index in [1.54, 1.807) is 16.1 Å². The average molecular weight is 433 g/mol. The van der Waals surface area contributed by atoms with Crippen LogP contribution >= 0.6 is 11.9 Å². The Morgan fingerprint density at radius 2 is 1.77 bits per heavy atom. The van der Waals surface area contributed by atoms with Crippen LogP contribution < -0.4 is 4.90 Å². The number of aromatic nitrogens is 1. The number of benzene rings is 2. The third-order valence-electron chi connectivity index (χ3n) is 5.83. The molecule has 3 heterocycles. The fourth-order valence-electron chi connectivity index (χ4n) is 4.17. The van der Waals surface area contributed by atoms with Gasteiger partial charge in [-0.1, -0.05) is 12.1 Å². The third kappa shape index (κ3) is 3.68. The number of halogens is 3. The lowest BCUT2D eigenvalue weighted by atomic mass is 10.1. The van der Waals surface area contributed by atoms with Crippen molar-refractivity contribution in [1.29, 1.82) is 0 Å². The molecule has 0 N–H and O–H groups in total. The van der Waals surface area contributed by atoms with E-state index in [1.807, 2.05) is 18.2 Å². The lowest BCUT2D eigenvalue weighted by Crippen LogP contribution is -2.56. The minimum atomic E-state index is -2.59. The van der Waals surface area contributed by atoms with Gasteiger partial charge in [0.1, 0.15) is 5.82 Å². The summed E-state index contributed by atoms with van der Waals surface area (Å²) in [5, 5.41) is 0.580. The predicted octanol–water partition coefficient (Wildman–Crippen LogP) is 4.79. The monoisotopic (exact) mass is 433 g/mol. The minimum absolute atomic E-state index is 0.0133. The maximum absolute atomic E-state index is 14.0. The maximum atomic E-state index is 14.0. The lowest BCUT2D eigenvalue weighted by Gasteiger charge is -2.43. The number of ether oxygens (including phenoxy) is 1. The summed E-state index contributed by atoms with van der Waals surface area (Å²) in [6.07, 6.45) is -1.10. The van der Waals surface area contributed by atoms with Gasteiger partial charge in [0.2, 0.25) is 0 Å². The molecule has 2 fully saturated rings. The van der Waals surface area contributed by atoms with E-state index >= 15 is 0 Å². The summed E-state index contributed by atoms with van der Waals surface area (Å²) in [5.74, 6) is -0.346. The van der Waals surface area contributed by atoms with Crippen LogP contribution in [0.15, 0.2) is 53.6 Å². The van der Waals surface area contributed by atoms with Crippen molar-refractivity contribution in [2.75, 3.05) is 44.3 Å². The number of hydrogen-bond acceptors (Lipinski definition) is 4. The van der Waals surface area contributed by atoms with Crippen LogP contribution in [0, 0.1) is 5.82 Å². The second kappa shape index (κ2) is 8.17. The van der Waals surface area contributed by atoms with E-state index in [0.29, 0.717) is 21.8 Å². The van der Waals surface area contributed by atoms with Crippen LogP contribution in [-0.2, 0) is 4.74 Å². The van der Waals surface area contributed by atoms with E-state index in [-0.39, 0.29) is 11.4 Å². The third-order valence-corrected chi connectivity index (χ3v) is 6.79. The van der Waals surface area contributed by atoms with Crippen molar-refractivity contribution >= 4 is 28.5 Å². The van der Waals surface area contributed by atoms with E-state index in [0.717, 1.165) is 45.1 Å². The van der Waals surface area contributed by atoms with E-state index in [2.05, 4.69) is 9.80 Å². The number of anilines is 1. The average Bonchev–Trinajstić information content (AvgIpc) is 3.06. The second-order valence-electron chi connectivity index (χ2n) is 7.65. The first-order chi connectivity index (χ1) is 14.6. The van der Waals surface area contributed by atoms with Crippen LogP contribution in [0.4, 0.5) is 18.9 Å². The predicted molar refractivity (Wildman–Crippen MR) is 113 cm³/mol. The van der Waals surface area contributed by atoms with Crippen molar-refractivity contribution in [2.24, 2.45) is 0 Å². The number of hydrogen-bond donors (Lipinski definition) is 0. The van der Waals surface area contributed by atoms with Crippen LogP contribution in [0.3, 0.4) is 0 Å². The van der Waals surface area contributed by atoms with Crippen molar-refractivity contribution in [2.45, 2.75) is 17.4 Å². The van der Waals surface area contributed by atoms with E-state index in [9.17, 15) is 13.2 Å². The van der Waals surface area contributed by atoms with Crippen molar-refractivity contribution in [3.05, 3.63) is 60.0 Å². The number of rotatable bonds is 5. The van der Waals surface area contributed by atoms with Gasteiger partial charge in [0.25, 0.3) is 6.43 Å². The first-order valence-corrected chi connectivity index (χ1v) is 10.8. The zero-order chi connectivity index (χ0) is 20.7. The largest absolute Gasteiger partial charge is 0.378 e. The zero-order valence-corrected chi connectivity index (χ0v) is 17.1. The molecule has 0 saturated carbocycles. The van der Waals surface area contributed by atoms with Gasteiger partial charge in [-0.2, -0.15) is 0 Å². The highest BCUT2D eigenvalue weighted by molar-refractivity contribution is 7.98. The Morgan fingerprint density at radius 1 is 1.00 bits per heavy atom. The van der Waals surface area contributed by atoms with Crippen LogP contribution in [0.1, 0.15) is 12.0 Å². The number of alkyl halides is 2. The molecule has 2 aliphatic heterocycles. The highest BCUT2D eigenvalue weighted by atomic mass is 32.2. The van der Waals surface area contributed by atoms with E-state index in [1.165, 1.54) is 30.3 Å². The zero-order valence-electron chi connectivity index (χ0n) is 16.3. The van der Waals surface area contributed by atoms with Gasteiger partial charge in [-0.15, -0.1) is 0 Å². The van der Waals surface area contributed by atoms with Crippen LogP contribution in [-0.4, -0.2) is 54.3 Å². The maximum Gasteiger partial charge on any atom is 0.266 e. The molecule has 0 atom stereocenters. The molecular weight excluding hydrogens is 411 g/mol. The fourth-order valence-corrected chi connectivity index (χ4v) is 5.12. The number of piperazine rings is 1. The van der Waals surface area contributed by atoms with E-state index < -0.39 is 6.43 Å². The molecule has 0 aliphatic carbocycles. The summed E-state index contributed by atoms with van der Waals surface area (Å²) in [6.45, 7) is 4.94. The first kappa shape index (κ1) is 19.8. The van der Waals surface area contributed by atoms with Crippen LogP contribution in [0.5, 0.6) is 0 Å². The van der Waals surface area contributed by atoms with Crippen LogP contribution in [0.2, 0.25) is 0 Å². The van der Waals surface area contributed by atoms with E-state index in [4.69, 9.17) is 4.74 Å².